The number of sulfonamides is 1. The number of primary sulfonamides is 1. The molecule has 0 aromatic heterocycles. The van der Waals surface area contributed by atoms with Crippen LogP contribution in [-0.4, -0.2) is 15.5 Å². The van der Waals surface area contributed by atoms with E-state index in [2.05, 4.69) is 15.9 Å². The molecule has 0 saturated heterocycles. The molecule has 0 aliphatic carbocycles. The topological polar surface area (TPSA) is 78.6 Å². The van der Waals surface area contributed by atoms with Crippen LogP contribution >= 0.6 is 15.9 Å². The van der Waals surface area contributed by atoms with Crippen LogP contribution in [0.4, 0.5) is 4.39 Å². The van der Waals surface area contributed by atoms with Crippen LogP contribution in [-0.2, 0) is 15.8 Å². The zero-order valence-corrected chi connectivity index (χ0v) is 17.8. The van der Waals surface area contributed by atoms with E-state index in [0.717, 1.165) is 15.6 Å². The highest BCUT2D eigenvalue weighted by Crippen LogP contribution is 2.51. The second kappa shape index (κ2) is 7.44. The number of halogens is 2. The molecule has 0 saturated carbocycles. The van der Waals surface area contributed by atoms with E-state index in [9.17, 15) is 12.8 Å². The molecule has 29 heavy (non-hydrogen) atoms. The van der Waals surface area contributed by atoms with Gasteiger partial charge in [0.25, 0.3) is 0 Å². The van der Waals surface area contributed by atoms with E-state index >= 15 is 0 Å². The van der Waals surface area contributed by atoms with Crippen LogP contribution in [0.1, 0.15) is 22.8 Å². The number of hydrogen-bond acceptors (Lipinski definition) is 4. The second-order valence-electron chi connectivity index (χ2n) is 6.74. The van der Waals surface area contributed by atoms with E-state index in [0.29, 0.717) is 28.2 Å². The summed E-state index contributed by atoms with van der Waals surface area (Å²) >= 11 is 3.49. The van der Waals surface area contributed by atoms with E-state index in [1.165, 1.54) is 12.1 Å². The molecule has 150 valence electrons. The van der Waals surface area contributed by atoms with Crippen LogP contribution < -0.4 is 14.6 Å². The summed E-state index contributed by atoms with van der Waals surface area (Å²) in [7, 11) is -2.14. The van der Waals surface area contributed by atoms with Crippen LogP contribution in [0.2, 0.25) is 0 Å². The molecule has 8 heteroatoms. The second-order valence-corrected chi connectivity index (χ2v) is 9.20. The summed E-state index contributed by atoms with van der Waals surface area (Å²) in [6.07, 6.45) is -0.612. The molecule has 1 unspecified atom stereocenters. The summed E-state index contributed by atoms with van der Waals surface area (Å²) in [6.45, 7) is 0. The number of ether oxygens (including phenoxy) is 2. The molecule has 4 rings (SSSR count). The molecule has 0 fully saturated rings. The van der Waals surface area contributed by atoms with Gasteiger partial charge in [-0.05, 0) is 56.9 Å². The number of hydrogen-bond donors (Lipinski definition) is 1. The van der Waals surface area contributed by atoms with Gasteiger partial charge in [-0.3, -0.25) is 0 Å². The highest BCUT2D eigenvalue weighted by Gasteiger charge is 2.31. The fourth-order valence-electron chi connectivity index (χ4n) is 3.58. The highest BCUT2D eigenvalue weighted by atomic mass is 79.9. The lowest BCUT2D eigenvalue weighted by Crippen LogP contribution is -2.18. The third kappa shape index (κ3) is 3.88. The lowest BCUT2D eigenvalue weighted by molar-refractivity contribution is 0.241. The quantitative estimate of drug-likeness (QED) is 0.598. The maximum Gasteiger partial charge on any atom is 0.213 e. The Hall–Kier alpha value is -2.42. The van der Waals surface area contributed by atoms with Gasteiger partial charge < -0.3 is 9.47 Å². The van der Waals surface area contributed by atoms with Gasteiger partial charge >= 0.3 is 0 Å². The third-order valence-corrected chi connectivity index (χ3v) is 6.07. The summed E-state index contributed by atoms with van der Waals surface area (Å²) in [5.41, 5.74) is 3.41. The van der Waals surface area contributed by atoms with Crippen molar-refractivity contribution in [2.24, 2.45) is 5.14 Å². The zero-order valence-electron chi connectivity index (χ0n) is 15.4. The Bertz CT molecular complexity index is 1210. The molecular formula is C21H17BrFNO4S. The Morgan fingerprint density at radius 3 is 2.66 bits per heavy atom. The van der Waals surface area contributed by atoms with Gasteiger partial charge in [0.2, 0.25) is 10.0 Å². The minimum Gasteiger partial charge on any atom is -0.495 e. The van der Waals surface area contributed by atoms with Crippen LogP contribution in [0.5, 0.6) is 11.5 Å². The summed E-state index contributed by atoms with van der Waals surface area (Å²) < 4.78 is 49.6. The van der Waals surface area contributed by atoms with E-state index in [1.54, 1.807) is 31.4 Å². The summed E-state index contributed by atoms with van der Waals surface area (Å²) in [5.74, 6) is 0.498. The van der Waals surface area contributed by atoms with Gasteiger partial charge in [0.05, 0.1) is 22.9 Å². The summed E-state index contributed by atoms with van der Waals surface area (Å²) in [5, 5.41) is 5.22. The third-order valence-electron chi connectivity index (χ3n) is 4.71. The Morgan fingerprint density at radius 1 is 1.17 bits per heavy atom. The average molecular weight is 478 g/mol. The predicted octanol–water partition coefficient (Wildman–Crippen LogP) is 4.53. The molecule has 5 nitrogen and oxygen atoms in total. The molecule has 3 aromatic carbocycles. The summed E-state index contributed by atoms with van der Waals surface area (Å²) in [6, 6.07) is 15.0. The van der Waals surface area contributed by atoms with E-state index < -0.39 is 16.1 Å². The Kier molecular flexibility index (Phi) is 5.10. The molecule has 0 amide bonds. The number of fused-ring (bicyclic) bond motifs is 3. The Labute approximate surface area is 176 Å². The highest BCUT2D eigenvalue weighted by molar-refractivity contribution is 9.10. The van der Waals surface area contributed by atoms with Crippen molar-refractivity contribution < 1.29 is 22.3 Å². The minimum absolute atomic E-state index is 0.307. The van der Waals surface area contributed by atoms with Crippen molar-refractivity contribution in [3.63, 3.8) is 0 Å². The van der Waals surface area contributed by atoms with Crippen molar-refractivity contribution in [1.82, 2.24) is 0 Å². The maximum atomic E-state index is 13.9. The van der Waals surface area contributed by atoms with E-state index in [-0.39, 0.29) is 11.6 Å². The molecule has 0 radical (unpaired) electrons. The zero-order chi connectivity index (χ0) is 20.8. The Morgan fingerprint density at radius 2 is 1.97 bits per heavy atom. The van der Waals surface area contributed by atoms with Crippen LogP contribution in [0, 0.1) is 5.82 Å². The molecule has 2 N–H and O–H groups in total. The van der Waals surface area contributed by atoms with Crippen molar-refractivity contribution in [3.8, 4) is 22.6 Å². The van der Waals surface area contributed by atoms with Gasteiger partial charge in [-0.2, -0.15) is 0 Å². The molecule has 0 spiro atoms. The van der Waals surface area contributed by atoms with Gasteiger partial charge in [-0.25, -0.2) is 17.9 Å². The van der Waals surface area contributed by atoms with Crippen molar-refractivity contribution in [1.29, 1.82) is 0 Å². The van der Waals surface area contributed by atoms with Gasteiger partial charge in [-0.1, -0.05) is 30.3 Å². The number of methoxy groups -OCH3 is 1. The monoisotopic (exact) mass is 477 g/mol. The van der Waals surface area contributed by atoms with E-state index in [1.807, 2.05) is 18.2 Å². The molecule has 1 aliphatic heterocycles. The van der Waals surface area contributed by atoms with Crippen molar-refractivity contribution >= 4 is 26.0 Å². The van der Waals surface area contributed by atoms with Crippen LogP contribution in [0.3, 0.4) is 0 Å². The fourth-order valence-corrected chi connectivity index (χ4v) is 4.72. The molecule has 0 bridgehead atoms. The maximum absolute atomic E-state index is 13.9. The standard InChI is InChI=1S/C21H17BrFNO4S/c1-27-21-17(22)7-8-18-19(21)15-6-5-12(11-29(24,25)26)9-16(15)20(28-18)13-3-2-4-14(23)10-13/h2-10,20H,11H2,1H3,(H2,24,25,26). The molecule has 1 heterocycles. The first kappa shape index (κ1) is 19.9. The molecular weight excluding hydrogens is 461 g/mol. The van der Waals surface area contributed by atoms with Crippen LogP contribution in [0.25, 0.3) is 11.1 Å². The SMILES string of the molecule is COc1c(Br)ccc2c1-c1ccc(CS(N)(=O)=O)cc1C(c1cccc(F)c1)O2. The average Bonchev–Trinajstić information content (AvgIpc) is 2.66. The van der Waals surface area contributed by atoms with Crippen molar-refractivity contribution in [2.45, 2.75) is 11.9 Å². The minimum atomic E-state index is -3.71. The molecule has 3 aromatic rings. The molecule has 1 atom stereocenters. The smallest absolute Gasteiger partial charge is 0.213 e. The van der Waals surface area contributed by atoms with Gasteiger partial charge in [0, 0.05) is 5.56 Å². The summed E-state index contributed by atoms with van der Waals surface area (Å²) in [4.78, 5) is 0. The van der Waals surface area contributed by atoms with Crippen molar-refractivity contribution in [3.05, 3.63) is 81.6 Å². The molecule has 1 aliphatic rings. The first-order valence-electron chi connectivity index (χ1n) is 8.69. The van der Waals surface area contributed by atoms with Crippen molar-refractivity contribution in [2.75, 3.05) is 7.11 Å². The number of benzene rings is 3. The van der Waals surface area contributed by atoms with Gasteiger partial charge in [-0.15, -0.1) is 0 Å². The lowest BCUT2D eigenvalue weighted by atomic mass is 9.88. The lowest BCUT2D eigenvalue weighted by Gasteiger charge is -2.31. The van der Waals surface area contributed by atoms with E-state index in [4.69, 9.17) is 14.6 Å². The van der Waals surface area contributed by atoms with Gasteiger partial charge in [0.1, 0.15) is 23.4 Å². The normalized spacial score (nSPS) is 15.2. The van der Waals surface area contributed by atoms with Gasteiger partial charge in [0.15, 0.2) is 0 Å². The Balaban J connectivity index is 1.96. The van der Waals surface area contributed by atoms with Crippen LogP contribution in [0.15, 0.2) is 59.1 Å². The largest absolute Gasteiger partial charge is 0.495 e. The number of rotatable bonds is 4. The first-order valence-corrected chi connectivity index (χ1v) is 11.2. The number of nitrogens with two attached hydrogens (primary N) is 1. The fraction of sp³-hybridized carbons (Fsp3) is 0.143. The predicted molar refractivity (Wildman–Crippen MR) is 112 cm³/mol. The first-order chi connectivity index (χ1) is 13.8.